The number of carboxylic acid groups (broad SMARTS) is 1. The number of piperidine rings is 1. The van der Waals surface area contributed by atoms with E-state index in [9.17, 15) is 4.79 Å². The number of rotatable bonds is 3. The molecule has 3 aliphatic heterocycles. The van der Waals surface area contributed by atoms with E-state index in [1.807, 2.05) is 11.8 Å². The standard InChI is InChI=1S/C16H27NO3S/c18-15(19)11-13-3-1-2-7-17(13)14-4-8-20-16(12-14)5-9-21-10-6-16/h13-14H,1-12H2,(H,18,19). The van der Waals surface area contributed by atoms with Gasteiger partial charge >= 0.3 is 5.97 Å². The first-order valence-corrected chi connectivity index (χ1v) is 9.53. The molecule has 3 heterocycles. The topological polar surface area (TPSA) is 49.8 Å². The molecule has 0 radical (unpaired) electrons. The van der Waals surface area contributed by atoms with Crippen molar-refractivity contribution in [2.24, 2.45) is 0 Å². The average Bonchev–Trinajstić information content (AvgIpc) is 2.48. The lowest BCUT2D eigenvalue weighted by Gasteiger charge is -2.49. The lowest BCUT2D eigenvalue weighted by Crippen LogP contribution is -2.54. The van der Waals surface area contributed by atoms with Crippen molar-refractivity contribution in [3.05, 3.63) is 0 Å². The van der Waals surface area contributed by atoms with Crippen LogP contribution in [0.25, 0.3) is 0 Å². The highest BCUT2D eigenvalue weighted by Crippen LogP contribution is 2.40. The maximum Gasteiger partial charge on any atom is 0.304 e. The van der Waals surface area contributed by atoms with Gasteiger partial charge in [0.25, 0.3) is 0 Å². The molecule has 0 aromatic rings. The first-order valence-electron chi connectivity index (χ1n) is 8.38. The maximum atomic E-state index is 11.1. The smallest absolute Gasteiger partial charge is 0.304 e. The second-order valence-corrected chi connectivity index (χ2v) is 8.00. The van der Waals surface area contributed by atoms with E-state index in [-0.39, 0.29) is 11.6 Å². The molecule has 0 saturated carbocycles. The van der Waals surface area contributed by atoms with Crippen LogP contribution in [-0.4, -0.2) is 58.3 Å². The minimum atomic E-state index is -0.650. The van der Waals surface area contributed by atoms with E-state index in [2.05, 4.69) is 4.90 Å². The van der Waals surface area contributed by atoms with Gasteiger partial charge in [-0.2, -0.15) is 11.8 Å². The molecule has 0 aromatic carbocycles. The fraction of sp³-hybridized carbons (Fsp3) is 0.938. The third-order valence-electron chi connectivity index (χ3n) is 5.42. The Balaban J connectivity index is 1.67. The number of hydrogen-bond donors (Lipinski definition) is 1. The Kier molecular flexibility index (Phi) is 5.12. The van der Waals surface area contributed by atoms with Gasteiger partial charge in [0.1, 0.15) is 0 Å². The Hall–Kier alpha value is -0.260. The molecule has 0 amide bonds. The Labute approximate surface area is 131 Å². The molecule has 120 valence electrons. The van der Waals surface area contributed by atoms with Crippen LogP contribution >= 0.6 is 11.8 Å². The number of ether oxygens (including phenoxy) is 1. The van der Waals surface area contributed by atoms with Gasteiger partial charge in [-0.15, -0.1) is 0 Å². The zero-order chi connectivity index (χ0) is 14.7. The van der Waals surface area contributed by atoms with Gasteiger partial charge in [-0.05, 0) is 56.6 Å². The second-order valence-electron chi connectivity index (χ2n) is 6.78. The van der Waals surface area contributed by atoms with E-state index in [4.69, 9.17) is 9.84 Å². The minimum absolute atomic E-state index is 0.0966. The maximum absolute atomic E-state index is 11.1. The molecule has 1 spiro atoms. The van der Waals surface area contributed by atoms with E-state index in [1.54, 1.807) is 0 Å². The van der Waals surface area contributed by atoms with Crippen LogP contribution in [0.2, 0.25) is 0 Å². The summed E-state index contributed by atoms with van der Waals surface area (Å²) in [5.74, 6) is 1.78. The quantitative estimate of drug-likeness (QED) is 0.868. The van der Waals surface area contributed by atoms with Crippen molar-refractivity contribution in [3.63, 3.8) is 0 Å². The average molecular weight is 313 g/mol. The van der Waals surface area contributed by atoms with Crippen LogP contribution in [0.1, 0.15) is 51.4 Å². The summed E-state index contributed by atoms with van der Waals surface area (Å²) in [5.41, 5.74) is 0.0966. The van der Waals surface area contributed by atoms with E-state index in [0.717, 1.165) is 32.4 Å². The molecule has 3 fully saturated rings. The molecule has 0 aliphatic carbocycles. The van der Waals surface area contributed by atoms with Crippen LogP contribution in [0.3, 0.4) is 0 Å². The van der Waals surface area contributed by atoms with Crippen LogP contribution in [0, 0.1) is 0 Å². The van der Waals surface area contributed by atoms with E-state index in [1.165, 1.54) is 37.2 Å². The van der Waals surface area contributed by atoms with Crippen LogP contribution in [0.5, 0.6) is 0 Å². The summed E-state index contributed by atoms with van der Waals surface area (Å²) >= 11 is 2.04. The monoisotopic (exact) mass is 313 g/mol. The first-order chi connectivity index (χ1) is 10.2. The van der Waals surface area contributed by atoms with Gasteiger partial charge < -0.3 is 9.84 Å². The molecule has 21 heavy (non-hydrogen) atoms. The molecule has 3 saturated heterocycles. The number of likely N-dealkylation sites (tertiary alicyclic amines) is 1. The highest BCUT2D eigenvalue weighted by Gasteiger charge is 2.42. The van der Waals surface area contributed by atoms with Crippen molar-refractivity contribution in [1.82, 2.24) is 4.90 Å². The van der Waals surface area contributed by atoms with Crippen molar-refractivity contribution in [3.8, 4) is 0 Å². The molecule has 2 unspecified atom stereocenters. The summed E-state index contributed by atoms with van der Waals surface area (Å²) < 4.78 is 6.19. The molecular weight excluding hydrogens is 286 g/mol. The molecule has 2 atom stereocenters. The molecule has 4 nitrogen and oxygen atoms in total. The Bertz CT molecular complexity index is 365. The summed E-state index contributed by atoms with van der Waals surface area (Å²) in [6, 6.07) is 0.779. The van der Waals surface area contributed by atoms with Crippen molar-refractivity contribution in [2.45, 2.75) is 69.1 Å². The lowest BCUT2D eigenvalue weighted by molar-refractivity contribution is -0.141. The normalized spacial score (nSPS) is 33.9. The molecule has 3 aliphatic rings. The summed E-state index contributed by atoms with van der Waals surface area (Å²) in [5, 5.41) is 9.17. The van der Waals surface area contributed by atoms with Gasteiger partial charge in [0.05, 0.1) is 12.0 Å². The van der Waals surface area contributed by atoms with E-state index >= 15 is 0 Å². The number of carboxylic acids is 1. The molecule has 1 N–H and O–H groups in total. The summed E-state index contributed by atoms with van der Waals surface area (Å²) in [7, 11) is 0. The van der Waals surface area contributed by atoms with Gasteiger partial charge in [0.15, 0.2) is 0 Å². The van der Waals surface area contributed by atoms with Gasteiger partial charge in [-0.1, -0.05) is 6.42 Å². The third-order valence-corrected chi connectivity index (χ3v) is 6.41. The van der Waals surface area contributed by atoms with E-state index < -0.39 is 5.97 Å². The Morgan fingerprint density at radius 2 is 2.10 bits per heavy atom. The van der Waals surface area contributed by atoms with Crippen molar-refractivity contribution in [2.75, 3.05) is 24.7 Å². The summed E-state index contributed by atoms with van der Waals surface area (Å²) in [6.45, 7) is 1.93. The lowest BCUT2D eigenvalue weighted by atomic mass is 9.83. The van der Waals surface area contributed by atoms with Crippen molar-refractivity contribution in [1.29, 1.82) is 0 Å². The minimum Gasteiger partial charge on any atom is -0.481 e. The summed E-state index contributed by atoms with van der Waals surface area (Å²) in [6.07, 6.45) is 8.29. The molecule has 0 bridgehead atoms. The fourth-order valence-electron chi connectivity index (χ4n) is 4.30. The number of carbonyl (C=O) groups is 1. The van der Waals surface area contributed by atoms with Crippen molar-refractivity contribution < 1.29 is 14.6 Å². The predicted molar refractivity (Wildman–Crippen MR) is 84.9 cm³/mol. The highest BCUT2D eigenvalue weighted by atomic mass is 32.2. The molecular formula is C16H27NO3S. The SMILES string of the molecule is O=C(O)CC1CCCCN1C1CCOC2(CCSCC2)C1. The number of aliphatic carboxylic acids is 1. The Morgan fingerprint density at radius 1 is 1.29 bits per heavy atom. The second kappa shape index (κ2) is 6.88. The van der Waals surface area contributed by atoms with Gasteiger partial charge in [-0.25, -0.2) is 0 Å². The van der Waals surface area contributed by atoms with Gasteiger partial charge in [-0.3, -0.25) is 9.69 Å². The first kappa shape index (κ1) is 15.6. The molecule has 5 heteroatoms. The third kappa shape index (κ3) is 3.74. The fourth-order valence-corrected chi connectivity index (χ4v) is 5.54. The number of thioether (sulfide) groups is 1. The number of hydrogen-bond acceptors (Lipinski definition) is 4. The van der Waals surface area contributed by atoms with Crippen molar-refractivity contribution >= 4 is 17.7 Å². The zero-order valence-electron chi connectivity index (χ0n) is 12.8. The Morgan fingerprint density at radius 3 is 2.86 bits per heavy atom. The van der Waals surface area contributed by atoms with Gasteiger partial charge in [0, 0.05) is 18.7 Å². The van der Waals surface area contributed by atoms with Crippen LogP contribution in [0.4, 0.5) is 0 Å². The highest BCUT2D eigenvalue weighted by molar-refractivity contribution is 7.99. The van der Waals surface area contributed by atoms with Gasteiger partial charge in [0.2, 0.25) is 0 Å². The van der Waals surface area contributed by atoms with Crippen LogP contribution in [0.15, 0.2) is 0 Å². The summed E-state index contributed by atoms with van der Waals surface area (Å²) in [4.78, 5) is 13.7. The predicted octanol–water partition coefficient (Wildman–Crippen LogP) is 2.76. The molecule has 3 rings (SSSR count). The number of nitrogens with zero attached hydrogens (tertiary/aromatic N) is 1. The zero-order valence-corrected chi connectivity index (χ0v) is 13.6. The van der Waals surface area contributed by atoms with Crippen LogP contribution < -0.4 is 0 Å². The molecule has 0 aromatic heterocycles. The van der Waals surface area contributed by atoms with Crippen LogP contribution in [-0.2, 0) is 9.53 Å². The van der Waals surface area contributed by atoms with E-state index in [0.29, 0.717) is 12.5 Å². The largest absolute Gasteiger partial charge is 0.481 e.